The fraction of sp³-hybridized carbons (Fsp3) is 0.378. The molecule has 4 atom stereocenters. The van der Waals surface area contributed by atoms with E-state index in [1.807, 2.05) is 22.5 Å². The summed E-state index contributed by atoms with van der Waals surface area (Å²) in [6.45, 7) is 9.46. The summed E-state index contributed by atoms with van der Waals surface area (Å²) < 4.78 is 21.5. The number of aryl methyl sites for hydroxylation is 4. The molecule has 2 aliphatic rings. The van der Waals surface area contributed by atoms with Gasteiger partial charge in [0, 0.05) is 132 Å². The largest absolute Gasteiger partial charge is 0.494 e. The lowest BCUT2D eigenvalue weighted by Crippen LogP contribution is -2.59. The van der Waals surface area contributed by atoms with Crippen LogP contribution < -0.4 is 68.8 Å². The second-order valence-corrected chi connectivity index (χ2v) is 33.7. The van der Waals surface area contributed by atoms with Crippen molar-refractivity contribution < 1.29 is 112 Å². The number of benzene rings is 4. The van der Waals surface area contributed by atoms with E-state index in [9.17, 15) is 97.1 Å². The highest BCUT2D eigenvalue weighted by atomic mass is 35.5. The summed E-state index contributed by atoms with van der Waals surface area (Å²) in [5.41, 5.74) is 18.0. The summed E-state index contributed by atoms with van der Waals surface area (Å²) in [5, 5.41) is 80.1. The third-order valence-corrected chi connectivity index (χ3v) is 23.8. The number of imidazole rings is 4. The number of nitrogens with zero attached hydrogens (tertiary/aromatic N) is 14. The number of halogens is 2. The van der Waals surface area contributed by atoms with Gasteiger partial charge >= 0.3 is 29.8 Å². The summed E-state index contributed by atoms with van der Waals surface area (Å²) >= 11 is 14.0. The van der Waals surface area contributed by atoms with Crippen molar-refractivity contribution >= 4 is 163 Å². The number of carbonyl (C=O) groups is 16. The Morgan fingerprint density at radius 2 is 0.900 bits per heavy atom. The number of carbonyl (C=O) groups excluding carboxylic acids is 11. The minimum Gasteiger partial charge on any atom is -0.494 e. The first-order chi connectivity index (χ1) is 66.7. The molecule has 48 nitrogen and oxygen atoms in total. The molecule has 18 N–H and O–H groups in total. The maximum Gasteiger partial charge on any atom is 0.305 e. The molecule has 10 aromatic rings. The number of nitrogens with one attached hydrogen (secondary N) is 9. The van der Waals surface area contributed by atoms with E-state index < -0.39 is 145 Å². The molecular weight excluding hydrogens is 1870 g/mol. The molecule has 12 rings (SSSR count). The Hall–Kier alpha value is -16.0. The van der Waals surface area contributed by atoms with Crippen LogP contribution in [0.1, 0.15) is 169 Å². The maximum atomic E-state index is 14.2. The van der Waals surface area contributed by atoms with Crippen LogP contribution in [-0.2, 0) is 114 Å². The van der Waals surface area contributed by atoms with Crippen LogP contribution in [0.4, 0.5) is 23.3 Å². The molecule has 0 spiro atoms. The second-order valence-electron chi connectivity index (χ2n) is 32.9. The maximum absolute atomic E-state index is 14.2. The van der Waals surface area contributed by atoms with Crippen LogP contribution in [0.2, 0.25) is 10.0 Å². The smallest absolute Gasteiger partial charge is 0.305 e. The van der Waals surface area contributed by atoms with Crippen LogP contribution in [0, 0.1) is 13.8 Å². The van der Waals surface area contributed by atoms with Crippen molar-refractivity contribution in [2.45, 2.75) is 162 Å². The predicted molar refractivity (Wildman–Crippen MR) is 502 cm³/mol. The molecule has 140 heavy (non-hydrogen) atoms. The molecule has 0 radical (unpaired) electrons. The molecule has 6 aromatic heterocycles. The minimum absolute atomic E-state index is 0.0322. The third-order valence-electron chi connectivity index (χ3n) is 23.0. The zero-order chi connectivity index (χ0) is 101. The number of aliphatic carboxylic acids is 5. The van der Waals surface area contributed by atoms with E-state index in [1.165, 1.54) is 45.3 Å². The number of primary amides is 2. The number of methoxy groups -OCH3 is 1. The molecular formula is C90H103Cl2N25O23. The van der Waals surface area contributed by atoms with Gasteiger partial charge in [-0.15, -0.1) is 0 Å². The lowest BCUT2D eigenvalue weighted by Gasteiger charge is -2.26. The minimum atomic E-state index is -2.23. The van der Waals surface area contributed by atoms with Crippen LogP contribution in [0.15, 0.2) is 84.9 Å². The number of nitrogens with two attached hydrogens (primary N) is 2. The van der Waals surface area contributed by atoms with Crippen molar-refractivity contribution in [3.63, 3.8) is 0 Å². The highest BCUT2D eigenvalue weighted by Gasteiger charge is 2.37. The number of ether oxygens (including phenoxy) is 2. The van der Waals surface area contributed by atoms with Crippen molar-refractivity contribution in [2.24, 2.45) is 25.6 Å². The summed E-state index contributed by atoms with van der Waals surface area (Å²) in [7, 11) is 4.79. The molecule has 740 valence electrons. The molecule has 4 aromatic carbocycles. The lowest BCUT2D eigenvalue weighted by molar-refractivity contribution is -0.144. The Morgan fingerprint density at radius 3 is 1.31 bits per heavy atom. The van der Waals surface area contributed by atoms with Gasteiger partial charge in [-0.1, -0.05) is 59.6 Å². The van der Waals surface area contributed by atoms with E-state index in [0.29, 0.717) is 98.0 Å². The monoisotopic (exact) mass is 1970 g/mol. The number of allylic oxidation sites excluding steroid dienone is 2. The summed E-state index contributed by atoms with van der Waals surface area (Å²) in [6, 6.07) is 10.1. The Kier molecular flexibility index (Phi) is 33.7. The van der Waals surface area contributed by atoms with Crippen LogP contribution in [0.5, 0.6) is 11.5 Å². The Morgan fingerprint density at radius 1 is 0.493 bits per heavy atom. The van der Waals surface area contributed by atoms with Crippen molar-refractivity contribution in [3.8, 4) is 22.6 Å². The van der Waals surface area contributed by atoms with Gasteiger partial charge in [-0.05, 0) is 109 Å². The zero-order valence-electron chi connectivity index (χ0n) is 76.9. The van der Waals surface area contributed by atoms with Gasteiger partial charge in [0.1, 0.15) is 58.1 Å². The fourth-order valence-corrected chi connectivity index (χ4v) is 16.8. The van der Waals surface area contributed by atoms with Crippen molar-refractivity contribution in [3.05, 3.63) is 163 Å². The van der Waals surface area contributed by atoms with E-state index in [2.05, 4.69) is 67.3 Å². The van der Waals surface area contributed by atoms with E-state index >= 15 is 0 Å². The third kappa shape index (κ3) is 25.1. The first-order valence-corrected chi connectivity index (χ1v) is 45.0. The first kappa shape index (κ1) is 103. The number of rotatable bonds is 47. The first-order valence-electron chi connectivity index (χ1n) is 44.2. The average molecular weight is 1970 g/mol. The molecule has 0 saturated heterocycles. The average Bonchev–Trinajstić information content (AvgIpc) is 1.61. The van der Waals surface area contributed by atoms with Gasteiger partial charge in [0.15, 0.2) is 11.6 Å². The van der Waals surface area contributed by atoms with Crippen molar-refractivity contribution in [2.75, 3.05) is 67.7 Å². The van der Waals surface area contributed by atoms with Gasteiger partial charge < -0.3 is 102 Å². The number of anilines is 4. The van der Waals surface area contributed by atoms with Crippen LogP contribution in [0.25, 0.3) is 33.2 Å². The molecule has 0 saturated carbocycles. The Labute approximate surface area is 806 Å². The molecule has 0 aliphatic carbocycles. The van der Waals surface area contributed by atoms with Gasteiger partial charge in [-0.25, -0.2) is 19.9 Å². The van der Waals surface area contributed by atoms with E-state index in [1.54, 1.807) is 109 Å². The van der Waals surface area contributed by atoms with E-state index in [-0.39, 0.29) is 161 Å². The quantitative estimate of drug-likeness (QED) is 0.0188. The number of fused-ring (bicyclic) bond motifs is 4. The standard InChI is InChI=1S/C90H103Cl2N25O23/c1-8-116-63(33-45(3)108-116)85(135)106-89-104-53-35-47(77(93)129)37-65(139-7)75(53)114(89)28-10-11-29-115-76-54(105-90(115)107-86(136)64-34-46(4)109-117(64)9-2)36-48(78(94)130)38-66(76)140-32-16-25-95-81(131)55(39-69(121)122)101-83(133)57(41-71(125)126)103-84(134)58(42-72(127)128)102-82(132)56(40-70(123)124)96-67(118)21-14-26-112-30-23-61-59(43-112)97-79(110(61)5)87(137)99-51-19-12-17-49(73(51)91)50-18-13-20-52(74(50)92)100-88(138)80-98-60-44-113(27-15-22-68(119)120)31-24-62(60)111(80)6/h10-13,17-20,33-38,55-58H,8-9,14-16,21-32,39-44H2,1-7H3,(H2,93,129)(H2,94,130)(H,95,131)(H,96,118)(H,99,137)(H,100,138)(H,101,133)(H,102,132)(H,103,134)(H,119,120)(H,121,122)(H,123,124)(H,125,126)(H,127,128)(H,104,106,135)(H,105,107,136)/b11-10+/t55-,56-,57-,58-/m0/s1. The van der Waals surface area contributed by atoms with E-state index in [4.69, 9.17) is 54.2 Å². The predicted octanol–water partition coefficient (Wildman–Crippen LogP) is 4.13. The number of amides is 11. The molecule has 11 amide bonds. The molecule has 50 heteroatoms. The number of carboxylic acids is 5. The lowest BCUT2D eigenvalue weighted by atomic mass is 10.0. The van der Waals surface area contributed by atoms with Gasteiger partial charge in [-0.3, -0.25) is 107 Å². The Balaban J connectivity index is 0.651. The van der Waals surface area contributed by atoms with Gasteiger partial charge in [0.2, 0.25) is 53.2 Å². The van der Waals surface area contributed by atoms with Gasteiger partial charge in [-0.2, -0.15) is 10.2 Å². The second kappa shape index (κ2) is 45.8. The number of carboxylic acid groups (broad SMARTS) is 5. The summed E-state index contributed by atoms with van der Waals surface area (Å²) in [6.07, 6.45) is -0.269. The fourth-order valence-electron chi connectivity index (χ4n) is 16.3. The SMILES string of the molecule is CCn1nc(C)cc1C(=O)Nc1nc2cc(C(N)=O)cc(OC)c2n1C/C=C/Cn1c(NC(=O)c2cc(C)nn2CC)nc2cc(C(N)=O)cc(OCCCNC(=O)[C@H](CC(=O)O)NC(=O)[C@H](CC(=O)O)NC(=O)[C@H](CC(=O)O)NC(=O)[C@H](CC(=O)O)NC(=O)CCCN3CCc4c(nc(C(=O)Nc5cccc(-c6cccc(NC(=O)c7nc8c(n7C)CCN(CCCC(=O)O)C8)c6Cl)c5Cl)n4C)C3)c21. The van der Waals surface area contributed by atoms with Crippen LogP contribution in [0.3, 0.4) is 0 Å². The Bertz CT molecular complexity index is 6600. The zero-order valence-corrected chi connectivity index (χ0v) is 78.4. The van der Waals surface area contributed by atoms with Crippen molar-refractivity contribution in [1.29, 1.82) is 0 Å². The number of hydrogen-bond acceptors (Lipinski definition) is 26. The molecule has 2 aliphatic heterocycles. The number of aromatic nitrogens is 12. The van der Waals surface area contributed by atoms with Crippen LogP contribution >= 0.6 is 23.2 Å². The van der Waals surface area contributed by atoms with E-state index in [0.717, 1.165) is 11.4 Å². The highest BCUT2D eigenvalue weighted by molar-refractivity contribution is 6.40. The van der Waals surface area contributed by atoms with Gasteiger partial charge in [0.05, 0.1) is 94.6 Å². The molecule has 8 heterocycles. The highest BCUT2D eigenvalue weighted by Crippen LogP contribution is 2.42. The molecule has 0 bridgehead atoms. The summed E-state index contributed by atoms with van der Waals surface area (Å²) in [5.74, 6) is -17.9. The summed E-state index contributed by atoms with van der Waals surface area (Å²) in [4.78, 5) is 234. The topological polar surface area (TPSA) is 666 Å². The van der Waals surface area contributed by atoms with Crippen molar-refractivity contribution in [1.82, 2.24) is 94.1 Å². The van der Waals surface area contributed by atoms with Crippen LogP contribution in [-0.4, -0.2) is 259 Å². The number of hydrogen-bond donors (Lipinski definition) is 16. The molecule has 0 fully saturated rings. The van der Waals surface area contributed by atoms with Gasteiger partial charge in [0.25, 0.3) is 23.6 Å². The molecule has 0 unspecified atom stereocenters. The normalized spacial score (nSPS) is 13.4.